The number of esters is 1. The van der Waals surface area contributed by atoms with Gasteiger partial charge >= 0.3 is 16.4 Å². The molecule has 0 radical (unpaired) electrons. The molecule has 1 saturated heterocycles. The van der Waals surface area contributed by atoms with Gasteiger partial charge in [-0.05, 0) is 38.5 Å². The van der Waals surface area contributed by atoms with E-state index >= 15 is 0 Å². The van der Waals surface area contributed by atoms with Crippen molar-refractivity contribution in [3.8, 4) is 0 Å². The first-order chi connectivity index (χ1) is 27.6. The minimum Gasteiger partial charge on any atom is -0.457 e. The van der Waals surface area contributed by atoms with E-state index in [1.165, 1.54) is 135 Å². The molecule has 338 valence electrons. The van der Waals surface area contributed by atoms with Crippen LogP contribution >= 0.6 is 0 Å². The van der Waals surface area contributed by atoms with E-state index in [4.69, 9.17) is 23.5 Å². The summed E-state index contributed by atoms with van der Waals surface area (Å²) < 4.78 is 59.0. The Morgan fingerprint density at radius 1 is 0.649 bits per heavy atom. The van der Waals surface area contributed by atoms with E-state index in [1.807, 2.05) is 0 Å². The molecule has 0 spiro atoms. The number of carbonyl (C=O) groups excluding carboxylic acids is 1. The van der Waals surface area contributed by atoms with Gasteiger partial charge in [0.25, 0.3) is 0 Å². The van der Waals surface area contributed by atoms with Crippen LogP contribution < -0.4 is 0 Å². The second kappa shape index (κ2) is 36.7. The van der Waals surface area contributed by atoms with Crippen LogP contribution in [0.4, 0.5) is 0 Å². The topological polar surface area (TPSA) is 178 Å². The Morgan fingerprint density at radius 2 is 1.11 bits per heavy atom. The number of aliphatic hydroxyl groups excluding tert-OH is 3. The van der Waals surface area contributed by atoms with E-state index in [0.29, 0.717) is 13.0 Å². The summed E-state index contributed by atoms with van der Waals surface area (Å²) in [4.78, 5) is 12.8. The second-order valence-electron chi connectivity index (χ2n) is 16.0. The Morgan fingerprint density at radius 3 is 1.58 bits per heavy atom. The van der Waals surface area contributed by atoms with Crippen LogP contribution in [0.2, 0.25) is 0 Å². The summed E-state index contributed by atoms with van der Waals surface area (Å²) >= 11 is 0. The third-order valence-corrected chi connectivity index (χ3v) is 11.1. The van der Waals surface area contributed by atoms with Crippen molar-refractivity contribution >= 4 is 16.4 Å². The molecule has 1 fully saturated rings. The van der Waals surface area contributed by atoms with Crippen molar-refractivity contribution in [1.29, 1.82) is 0 Å². The van der Waals surface area contributed by atoms with Crippen LogP contribution in [0.3, 0.4) is 0 Å². The molecule has 57 heavy (non-hydrogen) atoms. The van der Waals surface area contributed by atoms with Gasteiger partial charge in [0, 0.05) is 13.0 Å². The predicted molar refractivity (Wildman–Crippen MR) is 225 cm³/mol. The molecule has 6 unspecified atom stereocenters. The monoisotopic (exact) mass is 837 g/mol. The second-order valence-corrected chi connectivity index (χ2v) is 17.0. The highest BCUT2D eigenvalue weighted by Gasteiger charge is 2.48. The standard InChI is InChI=1S/C44H84O12S/c1-3-5-7-9-11-13-15-16-17-18-19-20-21-22-23-25-27-29-31-33-40(46)54-38(36-52-34-32-30-28-26-24-14-12-10-8-6-4-2)37-53-44-42(48)43(56-57(49,50)51)41(47)39(35-45)55-44/h16-17,38-39,41-45,47-48H,3-15,18-37H2,1-2H3,(H,49,50,51)/b17-16-. The van der Waals surface area contributed by atoms with Gasteiger partial charge in [-0.1, -0.05) is 167 Å². The van der Waals surface area contributed by atoms with Crippen LogP contribution in [-0.2, 0) is 38.3 Å². The average Bonchev–Trinajstić information content (AvgIpc) is 3.18. The molecular formula is C44H84O12S. The third-order valence-electron chi connectivity index (χ3n) is 10.6. The molecule has 0 aromatic carbocycles. The molecule has 12 nitrogen and oxygen atoms in total. The zero-order valence-electron chi connectivity index (χ0n) is 35.9. The van der Waals surface area contributed by atoms with Crippen molar-refractivity contribution in [2.24, 2.45) is 0 Å². The van der Waals surface area contributed by atoms with Crippen LogP contribution in [0, 0.1) is 0 Å². The van der Waals surface area contributed by atoms with Crippen molar-refractivity contribution < 1.29 is 56.2 Å². The van der Waals surface area contributed by atoms with Crippen LogP contribution in [0.25, 0.3) is 0 Å². The molecule has 0 saturated carbocycles. The van der Waals surface area contributed by atoms with Crippen molar-refractivity contribution in [3.63, 3.8) is 0 Å². The lowest BCUT2D eigenvalue weighted by atomic mass is 9.99. The smallest absolute Gasteiger partial charge is 0.397 e. The molecule has 1 heterocycles. The summed E-state index contributed by atoms with van der Waals surface area (Å²) in [6, 6.07) is 0. The zero-order valence-corrected chi connectivity index (χ0v) is 36.7. The molecule has 1 aliphatic heterocycles. The molecule has 4 N–H and O–H groups in total. The molecule has 0 aromatic heterocycles. The normalized spacial score (nSPS) is 20.7. The highest BCUT2D eigenvalue weighted by Crippen LogP contribution is 2.26. The summed E-state index contributed by atoms with van der Waals surface area (Å²) in [6.07, 6.45) is 29.6. The summed E-state index contributed by atoms with van der Waals surface area (Å²) in [7, 11) is -5.06. The minimum absolute atomic E-state index is 0.0405. The number of allylic oxidation sites excluding steroid dienone is 2. The Bertz CT molecular complexity index is 1060. The fraction of sp³-hybridized carbons (Fsp3) is 0.932. The number of rotatable bonds is 40. The minimum atomic E-state index is -5.06. The van der Waals surface area contributed by atoms with Gasteiger partial charge in [0.1, 0.15) is 30.5 Å². The largest absolute Gasteiger partial charge is 0.457 e. The molecule has 0 aromatic rings. The lowest BCUT2D eigenvalue weighted by Gasteiger charge is -2.41. The van der Waals surface area contributed by atoms with Crippen molar-refractivity contribution in [2.75, 3.05) is 26.4 Å². The maximum Gasteiger partial charge on any atom is 0.397 e. The van der Waals surface area contributed by atoms with Crippen LogP contribution in [0.15, 0.2) is 12.2 Å². The predicted octanol–water partition coefficient (Wildman–Crippen LogP) is 9.47. The summed E-state index contributed by atoms with van der Waals surface area (Å²) in [5, 5.41) is 30.6. The fourth-order valence-electron chi connectivity index (χ4n) is 7.14. The van der Waals surface area contributed by atoms with Crippen molar-refractivity contribution in [1.82, 2.24) is 0 Å². The number of carbonyl (C=O) groups is 1. The molecule has 13 heteroatoms. The highest BCUT2D eigenvalue weighted by molar-refractivity contribution is 7.80. The van der Waals surface area contributed by atoms with Gasteiger partial charge in [0.2, 0.25) is 0 Å². The zero-order chi connectivity index (χ0) is 41.8. The molecule has 0 aliphatic carbocycles. The van der Waals surface area contributed by atoms with Crippen LogP contribution in [0.1, 0.15) is 200 Å². The maximum atomic E-state index is 12.8. The Hall–Kier alpha value is -1.16. The first kappa shape index (κ1) is 53.9. The summed E-state index contributed by atoms with van der Waals surface area (Å²) in [5.41, 5.74) is 0. The molecule has 1 rings (SSSR count). The Labute approximate surface area is 347 Å². The van der Waals surface area contributed by atoms with Gasteiger partial charge in [0.15, 0.2) is 6.29 Å². The van der Waals surface area contributed by atoms with Gasteiger partial charge in [-0.15, -0.1) is 0 Å². The molecule has 6 atom stereocenters. The molecule has 1 aliphatic rings. The molecule has 0 amide bonds. The van der Waals surface area contributed by atoms with E-state index < -0.39 is 59.8 Å². The highest BCUT2D eigenvalue weighted by atomic mass is 32.3. The lowest BCUT2D eigenvalue weighted by Crippen LogP contribution is -2.60. The Kier molecular flexibility index (Phi) is 34.6. The SMILES string of the molecule is CCCCCCCC/C=C\CCCCCCCCCCCC(=O)OC(COCCCCCCCCCCCCC)COC1OC(CO)C(O)C(OS(=O)(=O)O)C1O. The maximum absolute atomic E-state index is 12.8. The number of unbranched alkanes of at least 4 members (excludes halogenated alkanes) is 25. The van der Waals surface area contributed by atoms with Crippen molar-refractivity contribution in [3.05, 3.63) is 12.2 Å². The van der Waals surface area contributed by atoms with E-state index in [1.54, 1.807) is 0 Å². The van der Waals surface area contributed by atoms with Gasteiger partial charge in [-0.3, -0.25) is 9.35 Å². The number of hydrogen-bond donors (Lipinski definition) is 4. The molecular weight excluding hydrogens is 753 g/mol. The third kappa shape index (κ3) is 30.5. The van der Waals surface area contributed by atoms with E-state index in [2.05, 4.69) is 30.2 Å². The number of ether oxygens (including phenoxy) is 4. The first-order valence-corrected chi connectivity index (χ1v) is 24.3. The summed E-state index contributed by atoms with van der Waals surface area (Å²) in [6.45, 7) is 4.00. The quantitative estimate of drug-likeness (QED) is 0.0199. The van der Waals surface area contributed by atoms with Gasteiger partial charge < -0.3 is 34.3 Å². The van der Waals surface area contributed by atoms with E-state index in [-0.39, 0.29) is 19.6 Å². The first-order valence-electron chi connectivity index (χ1n) is 22.9. The van der Waals surface area contributed by atoms with Crippen LogP contribution in [0.5, 0.6) is 0 Å². The van der Waals surface area contributed by atoms with E-state index in [9.17, 15) is 28.5 Å². The van der Waals surface area contributed by atoms with Crippen LogP contribution in [-0.4, -0.2) is 97.5 Å². The van der Waals surface area contributed by atoms with E-state index in [0.717, 1.165) is 38.5 Å². The fourth-order valence-corrected chi connectivity index (χ4v) is 7.65. The summed E-state index contributed by atoms with van der Waals surface area (Å²) in [5.74, 6) is -0.399. The van der Waals surface area contributed by atoms with Gasteiger partial charge in [0.05, 0.1) is 19.8 Å². The molecule has 0 bridgehead atoms. The lowest BCUT2D eigenvalue weighted by molar-refractivity contribution is -0.301. The average molecular weight is 837 g/mol. The Balaban J connectivity index is 2.39. The van der Waals surface area contributed by atoms with Crippen molar-refractivity contribution in [2.45, 2.75) is 237 Å². The number of hydrogen-bond acceptors (Lipinski definition) is 11. The number of aliphatic hydroxyl groups is 3. The van der Waals surface area contributed by atoms with Gasteiger partial charge in [-0.25, -0.2) is 4.18 Å². The van der Waals surface area contributed by atoms with Gasteiger partial charge in [-0.2, -0.15) is 8.42 Å².